The summed E-state index contributed by atoms with van der Waals surface area (Å²) in [6.07, 6.45) is 7.81. The van der Waals surface area contributed by atoms with E-state index < -0.39 is 0 Å². The van der Waals surface area contributed by atoms with Crippen LogP contribution in [0.15, 0.2) is 24.3 Å². The third kappa shape index (κ3) is 4.38. The fourth-order valence-electron chi connectivity index (χ4n) is 2.07. The van der Waals surface area contributed by atoms with Gasteiger partial charge in [-0.3, -0.25) is 0 Å². The maximum absolute atomic E-state index is 2.34. The number of rotatable bonds is 7. The molecule has 1 unspecified atom stereocenters. The Hall–Kier alpha value is -0.780. The first kappa shape index (κ1) is 13.3. The lowest BCUT2D eigenvalue weighted by Crippen LogP contribution is -1.94. The van der Waals surface area contributed by atoms with E-state index in [9.17, 15) is 0 Å². The monoisotopic (exact) mass is 218 g/mol. The van der Waals surface area contributed by atoms with E-state index in [0.717, 1.165) is 5.92 Å². The van der Waals surface area contributed by atoms with Crippen LogP contribution in [0.1, 0.15) is 69.9 Å². The van der Waals surface area contributed by atoms with Gasteiger partial charge in [0.05, 0.1) is 0 Å². The molecule has 0 heterocycles. The molecule has 0 N–H and O–H groups in total. The predicted molar refractivity (Wildman–Crippen MR) is 73.0 cm³/mol. The van der Waals surface area contributed by atoms with E-state index in [1.807, 2.05) is 0 Å². The van der Waals surface area contributed by atoms with E-state index in [0.29, 0.717) is 0 Å². The number of hydrogen-bond donors (Lipinski definition) is 0. The Labute approximate surface area is 101 Å². The summed E-state index contributed by atoms with van der Waals surface area (Å²) in [6, 6.07) is 9.28. The van der Waals surface area contributed by atoms with Gasteiger partial charge in [-0.25, -0.2) is 0 Å². The minimum absolute atomic E-state index is 0.722. The fraction of sp³-hybridized carbons (Fsp3) is 0.625. The Morgan fingerprint density at radius 3 is 2.12 bits per heavy atom. The standard InChI is InChI=1S/C16H26/c1-4-6-8-14(3)16-12-10-15(11-13-16)9-7-5-2/h10-14H,4-9H2,1-3H3. The van der Waals surface area contributed by atoms with E-state index in [1.54, 1.807) is 0 Å². The average Bonchev–Trinajstić information content (AvgIpc) is 2.34. The van der Waals surface area contributed by atoms with Crippen molar-refractivity contribution in [3.05, 3.63) is 35.4 Å². The first-order chi connectivity index (χ1) is 7.77. The molecular formula is C16H26. The summed E-state index contributed by atoms with van der Waals surface area (Å²) in [5.74, 6) is 0.722. The van der Waals surface area contributed by atoms with Gasteiger partial charge in [0, 0.05) is 0 Å². The highest BCUT2D eigenvalue weighted by Gasteiger charge is 2.04. The molecule has 0 aromatic heterocycles. The zero-order valence-corrected chi connectivity index (χ0v) is 11.1. The van der Waals surface area contributed by atoms with E-state index in [2.05, 4.69) is 45.0 Å². The fourth-order valence-corrected chi connectivity index (χ4v) is 2.07. The minimum atomic E-state index is 0.722. The van der Waals surface area contributed by atoms with Crippen molar-refractivity contribution in [2.75, 3.05) is 0 Å². The van der Waals surface area contributed by atoms with Crippen LogP contribution in [0.25, 0.3) is 0 Å². The molecule has 0 heteroatoms. The lowest BCUT2D eigenvalue weighted by atomic mass is 9.94. The van der Waals surface area contributed by atoms with Crippen molar-refractivity contribution in [1.82, 2.24) is 0 Å². The first-order valence-electron chi connectivity index (χ1n) is 6.86. The van der Waals surface area contributed by atoms with Crippen molar-refractivity contribution in [1.29, 1.82) is 0 Å². The molecule has 90 valence electrons. The Morgan fingerprint density at radius 1 is 0.938 bits per heavy atom. The van der Waals surface area contributed by atoms with Gasteiger partial charge in [0.2, 0.25) is 0 Å². The number of hydrogen-bond acceptors (Lipinski definition) is 0. The van der Waals surface area contributed by atoms with Gasteiger partial charge in [0.25, 0.3) is 0 Å². The van der Waals surface area contributed by atoms with Crippen LogP contribution in [-0.2, 0) is 6.42 Å². The lowest BCUT2D eigenvalue weighted by molar-refractivity contribution is 0.624. The molecule has 0 spiro atoms. The summed E-state index contributed by atoms with van der Waals surface area (Å²) < 4.78 is 0. The molecule has 1 atom stereocenters. The van der Waals surface area contributed by atoms with Crippen LogP contribution in [0.5, 0.6) is 0 Å². The SMILES string of the molecule is CCCCc1ccc(C(C)CCCC)cc1. The third-order valence-corrected chi connectivity index (χ3v) is 3.36. The quantitative estimate of drug-likeness (QED) is 0.581. The highest BCUT2D eigenvalue weighted by atomic mass is 14.1. The molecule has 0 nitrogen and oxygen atoms in total. The Balaban J connectivity index is 2.49. The Kier molecular flexibility index (Phi) is 6.22. The van der Waals surface area contributed by atoms with E-state index in [1.165, 1.54) is 49.7 Å². The second-order valence-corrected chi connectivity index (χ2v) is 4.89. The second-order valence-electron chi connectivity index (χ2n) is 4.89. The minimum Gasteiger partial charge on any atom is -0.0654 e. The highest BCUT2D eigenvalue weighted by molar-refractivity contribution is 5.25. The molecule has 0 aliphatic rings. The van der Waals surface area contributed by atoms with Gasteiger partial charge < -0.3 is 0 Å². The van der Waals surface area contributed by atoms with Gasteiger partial charge in [0.1, 0.15) is 0 Å². The van der Waals surface area contributed by atoms with Gasteiger partial charge >= 0.3 is 0 Å². The average molecular weight is 218 g/mol. The van der Waals surface area contributed by atoms with E-state index >= 15 is 0 Å². The summed E-state index contributed by atoms with van der Waals surface area (Å²) in [4.78, 5) is 0. The molecule has 0 saturated heterocycles. The molecule has 0 amide bonds. The van der Waals surface area contributed by atoms with Crippen LogP contribution in [0, 0.1) is 0 Å². The molecule has 0 fully saturated rings. The molecule has 0 radical (unpaired) electrons. The van der Waals surface area contributed by atoms with Crippen molar-refractivity contribution in [3.8, 4) is 0 Å². The third-order valence-electron chi connectivity index (χ3n) is 3.36. The summed E-state index contributed by atoms with van der Waals surface area (Å²) in [5, 5.41) is 0. The first-order valence-corrected chi connectivity index (χ1v) is 6.86. The van der Waals surface area contributed by atoms with Crippen molar-refractivity contribution < 1.29 is 0 Å². The number of aryl methyl sites for hydroxylation is 1. The van der Waals surface area contributed by atoms with Crippen molar-refractivity contribution in [3.63, 3.8) is 0 Å². The van der Waals surface area contributed by atoms with Crippen LogP contribution in [-0.4, -0.2) is 0 Å². The summed E-state index contributed by atoms with van der Waals surface area (Å²) in [5.41, 5.74) is 3.00. The van der Waals surface area contributed by atoms with Crippen LogP contribution < -0.4 is 0 Å². The normalized spacial score (nSPS) is 12.7. The smallest absolute Gasteiger partial charge is 0.0190 e. The van der Waals surface area contributed by atoms with Gasteiger partial charge in [-0.1, -0.05) is 64.3 Å². The number of unbranched alkanes of at least 4 members (excludes halogenated alkanes) is 2. The summed E-state index contributed by atoms with van der Waals surface area (Å²) >= 11 is 0. The molecular weight excluding hydrogens is 192 g/mol. The summed E-state index contributed by atoms with van der Waals surface area (Å²) in [6.45, 7) is 6.86. The molecule has 1 aromatic carbocycles. The molecule has 0 aliphatic heterocycles. The van der Waals surface area contributed by atoms with Crippen molar-refractivity contribution in [2.45, 2.75) is 65.2 Å². The largest absolute Gasteiger partial charge is 0.0654 e. The topological polar surface area (TPSA) is 0 Å². The van der Waals surface area contributed by atoms with Gasteiger partial charge in [-0.05, 0) is 36.3 Å². The molecule has 1 aromatic rings. The van der Waals surface area contributed by atoms with Crippen LogP contribution in [0.3, 0.4) is 0 Å². The molecule has 16 heavy (non-hydrogen) atoms. The van der Waals surface area contributed by atoms with Crippen molar-refractivity contribution in [2.24, 2.45) is 0 Å². The zero-order valence-electron chi connectivity index (χ0n) is 11.1. The van der Waals surface area contributed by atoms with Crippen molar-refractivity contribution >= 4 is 0 Å². The van der Waals surface area contributed by atoms with E-state index in [-0.39, 0.29) is 0 Å². The number of benzene rings is 1. The van der Waals surface area contributed by atoms with Crippen LogP contribution in [0.2, 0.25) is 0 Å². The molecule has 0 saturated carbocycles. The molecule has 0 aliphatic carbocycles. The van der Waals surface area contributed by atoms with Gasteiger partial charge in [-0.15, -0.1) is 0 Å². The van der Waals surface area contributed by atoms with Crippen LogP contribution in [0.4, 0.5) is 0 Å². The second kappa shape index (κ2) is 7.49. The molecule has 0 bridgehead atoms. The maximum Gasteiger partial charge on any atom is -0.0190 e. The Morgan fingerprint density at radius 2 is 1.56 bits per heavy atom. The highest BCUT2D eigenvalue weighted by Crippen LogP contribution is 2.22. The Bertz CT molecular complexity index is 271. The summed E-state index contributed by atoms with van der Waals surface area (Å²) in [7, 11) is 0. The molecule has 1 rings (SSSR count). The maximum atomic E-state index is 2.34. The van der Waals surface area contributed by atoms with Gasteiger partial charge in [-0.2, -0.15) is 0 Å². The van der Waals surface area contributed by atoms with Gasteiger partial charge in [0.15, 0.2) is 0 Å². The lowest BCUT2D eigenvalue weighted by Gasteiger charge is -2.11. The predicted octanol–water partition coefficient (Wildman–Crippen LogP) is 5.32. The zero-order chi connectivity index (χ0) is 11.8. The van der Waals surface area contributed by atoms with Crippen LogP contribution >= 0.6 is 0 Å². The van der Waals surface area contributed by atoms with E-state index in [4.69, 9.17) is 0 Å².